The third-order valence-electron chi connectivity index (χ3n) is 2.69. The summed E-state index contributed by atoms with van der Waals surface area (Å²) in [6.07, 6.45) is 0.136. The van der Waals surface area contributed by atoms with Crippen molar-refractivity contribution in [2.24, 2.45) is 0 Å². The summed E-state index contributed by atoms with van der Waals surface area (Å²) < 4.78 is 24.1. The van der Waals surface area contributed by atoms with E-state index in [9.17, 15) is 8.78 Å². The molecule has 1 N–H and O–H groups in total. The van der Waals surface area contributed by atoms with E-state index >= 15 is 0 Å². The van der Waals surface area contributed by atoms with Gasteiger partial charge in [-0.2, -0.15) is 0 Å². The molecule has 0 spiro atoms. The highest BCUT2D eigenvalue weighted by Crippen LogP contribution is 2.20. The Labute approximate surface area is 70.9 Å². The number of fused-ring (bicyclic) bond motifs is 2. The van der Waals surface area contributed by atoms with Gasteiger partial charge in [-0.25, -0.2) is 8.78 Å². The van der Waals surface area contributed by atoms with Crippen molar-refractivity contribution in [3.05, 3.63) is 0 Å². The van der Waals surface area contributed by atoms with E-state index in [0.717, 1.165) is 25.9 Å². The van der Waals surface area contributed by atoms with Crippen LogP contribution in [0.3, 0.4) is 0 Å². The third kappa shape index (κ3) is 1.75. The summed E-state index contributed by atoms with van der Waals surface area (Å²) in [5, 5.41) is 3.41. The standard InChI is InChI=1S/C8H14F2N2/c9-8(10)5-12-3-6-1-2-7(4-12)11-6/h6-8,11H,1-5H2. The van der Waals surface area contributed by atoms with Gasteiger partial charge in [-0.05, 0) is 12.8 Å². The molecule has 2 atom stereocenters. The molecule has 4 heteroatoms. The smallest absolute Gasteiger partial charge is 0.251 e. The fourth-order valence-corrected chi connectivity index (χ4v) is 2.23. The first kappa shape index (κ1) is 8.38. The topological polar surface area (TPSA) is 15.3 Å². The predicted octanol–water partition coefficient (Wildman–Crippen LogP) is 0.688. The van der Waals surface area contributed by atoms with Crippen LogP contribution >= 0.6 is 0 Å². The summed E-state index contributed by atoms with van der Waals surface area (Å²) in [4.78, 5) is 1.88. The summed E-state index contributed by atoms with van der Waals surface area (Å²) in [6, 6.07) is 0.949. The average Bonchev–Trinajstić information content (AvgIpc) is 2.29. The minimum atomic E-state index is -2.18. The minimum absolute atomic E-state index is 0.0469. The highest BCUT2D eigenvalue weighted by Gasteiger charge is 2.32. The van der Waals surface area contributed by atoms with Crippen LogP contribution in [-0.2, 0) is 0 Å². The van der Waals surface area contributed by atoms with Gasteiger partial charge in [0.1, 0.15) is 0 Å². The molecule has 0 aliphatic carbocycles. The molecule has 2 rings (SSSR count). The van der Waals surface area contributed by atoms with Crippen LogP contribution in [0, 0.1) is 0 Å². The van der Waals surface area contributed by atoms with E-state index < -0.39 is 6.43 Å². The maximum absolute atomic E-state index is 12.0. The number of nitrogens with zero attached hydrogens (tertiary/aromatic N) is 1. The Morgan fingerprint density at radius 3 is 2.33 bits per heavy atom. The van der Waals surface area contributed by atoms with Crippen LogP contribution in [0.25, 0.3) is 0 Å². The first-order chi connectivity index (χ1) is 5.74. The van der Waals surface area contributed by atoms with Crippen molar-refractivity contribution in [3.8, 4) is 0 Å². The van der Waals surface area contributed by atoms with Crippen LogP contribution in [0.15, 0.2) is 0 Å². The van der Waals surface area contributed by atoms with E-state index in [1.54, 1.807) is 0 Å². The van der Waals surface area contributed by atoms with Crippen LogP contribution < -0.4 is 5.32 Å². The first-order valence-electron chi connectivity index (χ1n) is 4.50. The van der Waals surface area contributed by atoms with Crippen molar-refractivity contribution in [2.75, 3.05) is 19.6 Å². The number of rotatable bonds is 2. The molecule has 2 heterocycles. The van der Waals surface area contributed by atoms with Crippen LogP contribution in [-0.4, -0.2) is 43.0 Å². The molecule has 70 valence electrons. The van der Waals surface area contributed by atoms with Gasteiger partial charge in [0.05, 0.1) is 6.54 Å². The molecule has 2 bridgehead atoms. The molecule has 0 aromatic carbocycles. The molecule has 0 aromatic rings. The van der Waals surface area contributed by atoms with E-state index in [2.05, 4.69) is 5.32 Å². The van der Waals surface area contributed by atoms with E-state index in [4.69, 9.17) is 0 Å². The normalized spacial score (nSPS) is 36.2. The molecule has 0 amide bonds. The lowest BCUT2D eigenvalue weighted by molar-refractivity contribution is 0.0715. The Balaban J connectivity index is 1.85. The van der Waals surface area contributed by atoms with Crippen molar-refractivity contribution in [3.63, 3.8) is 0 Å². The first-order valence-corrected chi connectivity index (χ1v) is 4.50. The second-order valence-electron chi connectivity index (χ2n) is 3.75. The molecular formula is C8H14F2N2. The van der Waals surface area contributed by atoms with Crippen LogP contribution in [0.1, 0.15) is 12.8 Å². The lowest BCUT2D eigenvalue weighted by atomic mass is 10.2. The number of alkyl halides is 2. The predicted molar refractivity (Wildman–Crippen MR) is 42.4 cm³/mol. The number of piperazine rings is 1. The molecular weight excluding hydrogens is 162 g/mol. The maximum Gasteiger partial charge on any atom is 0.251 e. The quantitative estimate of drug-likeness (QED) is 0.666. The maximum atomic E-state index is 12.0. The van der Waals surface area contributed by atoms with Crippen molar-refractivity contribution >= 4 is 0 Å². The van der Waals surface area contributed by atoms with Gasteiger partial charge in [-0.15, -0.1) is 0 Å². The van der Waals surface area contributed by atoms with E-state index in [0.29, 0.717) is 12.1 Å². The Bertz CT molecular complexity index is 151. The van der Waals surface area contributed by atoms with Gasteiger partial charge in [0.15, 0.2) is 0 Å². The molecule has 0 saturated carbocycles. The Morgan fingerprint density at radius 2 is 1.83 bits per heavy atom. The molecule has 0 aromatic heterocycles. The molecule has 2 aliphatic heterocycles. The second-order valence-corrected chi connectivity index (χ2v) is 3.75. The molecule has 2 unspecified atom stereocenters. The largest absolute Gasteiger partial charge is 0.309 e. The van der Waals surface area contributed by atoms with E-state index in [1.807, 2.05) is 4.90 Å². The third-order valence-corrected chi connectivity index (χ3v) is 2.69. The highest BCUT2D eigenvalue weighted by molar-refractivity contribution is 4.92. The molecule has 2 saturated heterocycles. The highest BCUT2D eigenvalue weighted by atomic mass is 19.3. The van der Waals surface area contributed by atoms with Crippen molar-refractivity contribution in [2.45, 2.75) is 31.4 Å². The number of hydrogen-bond acceptors (Lipinski definition) is 2. The number of likely N-dealkylation sites (tertiary alicyclic amines) is 1. The summed E-state index contributed by atoms with van der Waals surface area (Å²) in [5.74, 6) is 0. The Morgan fingerprint density at radius 1 is 1.25 bits per heavy atom. The zero-order valence-electron chi connectivity index (χ0n) is 6.97. The average molecular weight is 176 g/mol. The number of nitrogens with one attached hydrogen (secondary N) is 1. The molecule has 2 aliphatic rings. The molecule has 12 heavy (non-hydrogen) atoms. The lowest BCUT2D eigenvalue weighted by Gasteiger charge is -2.32. The van der Waals surface area contributed by atoms with Gasteiger partial charge in [-0.1, -0.05) is 0 Å². The van der Waals surface area contributed by atoms with Crippen molar-refractivity contribution in [1.29, 1.82) is 0 Å². The second kappa shape index (κ2) is 3.26. The zero-order valence-corrected chi connectivity index (χ0v) is 6.97. The fourth-order valence-electron chi connectivity index (χ4n) is 2.23. The van der Waals surface area contributed by atoms with Gasteiger partial charge in [0.2, 0.25) is 0 Å². The summed E-state index contributed by atoms with van der Waals surface area (Å²) in [5.41, 5.74) is 0. The van der Waals surface area contributed by atoms with Gasteiger partial charge in [0, 0.05) is 25.2 Å². The summed E-state index contributed by atoms with van der Waals surface area (Å²) in [7, 11) is 0. The Hall–Kier alpha value is -0.220. The molecule has 0 radical (unpaired) electrons. The Kier molecular flexibility index (Phi) is 2.28. The van der Waals surface area contributed by atoms with Gasteiger partial charge < -0.3 is 5.32 Å². The van der Waals surface area contributed by atoms with Gasteiger partial charge in [0.25, 0.3) is 6.43 Å². The fraction of sp³-hybridized carbons (Fsp3) is 1.00. The van der Waals surface area contributed by atoms with E-state index in [-0.39, 0.29) is 6.54 Å². The van der Waals surface area contributed by atoms with Gasteiger partial charge >= 0.3 is 0 Å². The number of halogens is 2. The minimum Gasteiger partial charge on any atom is -0.309 e. The van der Waals surface area contributed by atoms with Crippen molar-refractivity contribution in [1.82, 2.24) is 10.2 Å². The monoisotopic (exact) mass is 176 g/mol. The zero-order chi connectivity index (χ0) is 8.55. The van der Waals surface area contributed by atoms with Crippen LogP contribution in [0.2, 0.25) is 0 Å². The SMILES string of the molecule is FC(F)CN1CC2CCC(C1)N2. The van der Waals surface area contributed by atoms with Crippen LogP contribution in [0.5, 0.6) is 0 Å². The van der Waals surface area contributed by atoms with Crippen LogP contribution in [0.4, 0.5) is 8.78 Å². The molecule has 2 fully saturated rings. The summed E-state index contributed by atoms with van der Waals surface area (Å²) >= 11 is 0. The van der Waals surface area contributed by atoms with Crippen molar-refractivity contribution < 1.29 is 8.78 Å². The molecule has 2 nitrogen and oxygen atoms in total. The lowest BCUT2D eigenvalue weighted by Crippen LogP contribution is -2.52. The summed E-state index contributed by atoms with van der Waals surface area (Å²) in [6.45, 7) is 1.57. The number of hydrogen-bond donors (Lipinski definition) is 1. The van der Waals surface area contributed by atoms with E-state index in [1.165, 1.54) is 0 Å². The van der Waals surface area contributed by atoms with Gasteiger partial charge in [-0.3, -0.25) is 4.90 Å².